The molecule has 3 nitrogen and oxygen atoms in total. The lowest BCUT2D eigenvalue weighted by molar-refractivity contribution is -0.474. The zero-order chi connectivity index (χ0) is 5.28. The maximum atomic E-state index is 10.2. The van der Waals surface area contributed by atoms with Gasteiger partial charge in [0.1, 0.15) is 0 Å². The fourth-order valence-corrected chi connectivity index (χ4v) is 0.583. The van der Waals surface area contributed by atoms with E-state index in [9.17, 15) is 4.79 Å². The highest BCUT2D eigenvalue weighted by Crippen LogP contribution is 2.05. The Labute approximate surface area is 64.6 Å². The van der Waals surface area contributed by atoms with Gasteiger partial charge in [0.25, 0.3) is 0 Å². The van der Waals surface area contributed by atoms with Crippen LogP contribution in [0.2, 0.25) is 0 Å². The molecule has 8 heavy (non-hydrogen) atoms. The summed E-state index contributed by atoms with van der Waals surface area (Å²) in [5, 5.41) is 0. The second-order valence-corrected chi connectivity index (χ2v) is 1.65. The first-order valence-electron chi connectivity index (χ1n) is 2.31. The summed E-state index contributed by atoms with van der Waals surface area (Å²) in [6.45, 7) is 0. The normalized spacial score (nSPS) is 26.6. The SMILES string of the molecule is [I-].[NH3+]C1CCC(=O)O1. The van der Waals surface area contributed by atoms with Crippen LogP contribution in [0.1, 0.15) is 12.8 Å². The van der Waals surface area contributed by atoms with Crippen molar-refractivity contribution < 1.29 is 39.2 Å². The number of halogens is 1. The largest absolute Gasteiger partial charge is 1.00 e. The molecule has 0 amide bonds. The predicted molar refractivity (Wildman–Crippen MR) is 22.0 cm³/mol. The molecule has 1 fully saturated rings. The number of cyclic esters (lactones) is 1. The summed E-state index contributed by atoms with van der Waals surface area (Å²) in [4.78, 5) is 10.2. The van der Waals surface area contributed by atoms with Crippen LogP contribution in [0.4, 0.5) is 0 Å². The minimum Gasteiger partial charge on any atom is -1.00 e. The number of quaternary nitrogens is 1. The maximum Gasteiger partial charge on any atom is 0.310 e. The molecule has 1 rings (SSSR count). The van der Waals surface area contributed by atoms with Crippen LogP contribution in [0.25, 0.3) is 0 Å². The fraction of sp³-hybridized carbons (Fsp3) is 0.750. The van der Waals surface area contributed by atoms with E-state index in [0.717, 1.165) is 6.42 Å². The number of hydrogen-bond acceptors (Lipinski definition) is 2. The first-order chi connectivity index (χ1) is 3.29. The van der Waals surface area contributed by atoms with Crippen molar-refractivity contribution >= 4 is 5.97 Å². The minimum atomic E-state index is -0.111. The average molecular weight is 229 g/mol. The van der Waals surface area contributed by atoms with Gasteiger partial charge in [-0.1, -0.05) is 0 Å². The van der Waals surface area contributed by atoms with Gasteiger partial charge in [0.2, 0.25) is 6.23 Å². The van der Waals surface area contributed by atoms with Crippen molar-refractivity contribution in [2.45, 2.75) is 19.1 Å². The number of esters is 1. The molecule has 1 atom stereocenters. The Morgan fingerprint density at radius 1 is 1.75 bits per heavy atom. The van der Waals surface area contributed by atoms with Crippen LogP contribution in [0, 0.1) is 0 Å². The summed E-state index contributed by atoms with van der Waals surface area (Å²) in [5.74, 6) is -0.111. The third-order valence-electron chi connectivity index (χ3n) is 0.969. The molecular formula is C4H8INO2. The van der Waals surface area contributed by atoms with Crippen LogP contribution in [-0.2, 0) is 9.53 Å². The quantitative estimate of drug-likeness (QED) is 0.339. The Balaban J connectivity index is 0.000000490. The molecule has 48 valence electrons. The van der Waals surface area contributed by atoms with Crippen molar-refractivity contribution in [1.82, 2.24) is 0 Å². The standard InChI is InChI=1S/C4H7NO2.HI/c5-3-1-2-4(6)7-3;/h3H,1-2,5H2;1H. The summed E-state index contributed by atoms with van der Waals surface area (Å²) >= 11 is 0. The summed E-state index contributed by atoms with van der Waals surface area (Å²) in [5.41, 5.74) is 3.54. The third-order valence-corrected chi connectivity index (χ3v) is 0.969. The van der Waals surface area contributed by atoms with Gasteiger partial charge in [0.05, 0.1) is 6.42 Å². The highest BCUT2D eigenvalue weighted by Gasteiger charge is 2.21. The lowest BCUT2D eigenvalue weighted by atomic mass is 10.3. The van der Waals surface area contributed by atoms with E-state index < -0.39 is 0 Å². The Morgan fingerprint density at radius 2 is 2.38 bits per heavy atom. The highest BCUT2D eigenvalue weighted by atomic mass is 127. The van der Waals surface area contributed by atoms with E-state index in [0.29, 0.717) is 6.42 Å². The Kier molecular flexibility index (Phi) is 3.30. The first kappa shape index (κ1) is 8.16. The van der Waals surface area contributed by atoms with Crippen LogP contribution in [0.5, 0.6) is 0 Å². The van der Waals surface area contributed by atoms with E-state index in [1.54, 1.807) is 0 Å². The van der Waals surface area contributed by atoms with Gasteiger partial charge in [-0.25, -0.2) is 0 Å². The molecule has 1 unspecified atom stereocenters. The van der Waals surface area contributed by atoms with Gasteiger partial charge in [-0.05, 0) is 0 Å². The van der Waals surface area contributed by atoms with Gasteiger partial charge < -0.3 is 34.4 Å². The molecule has 0 bridgehead atoms. The molecule has 3 N–H and O–H groups in total. The molecule has 0 aliphatic carbocycles. The first-order valence-corrected chi connectivity index (χ1v) is 2.31. The van der Waals surface area contributed by atoms with Crippen LogP contribution in [0.3, 0.4) is 0 Å². The molecular weight excluding hydrogens is 221 g/mol. The smallest absolute Gasteiger partial charge is 0.310 e. The molecule has 0 spiro atoms. The van der Waals surface area contributed by atoms with Gasteiger partial charge in [0, 0.05) is 6.42 Å². The molecule has 0 aromatic carbocycles. The molecule has 1 aliphatic rings. The Morgan fingerprint density at radius 3 is 2.50 bits per heavy atom. The van der Waals surface area contributed by atoms with Gasteiger partial charge in [0.15, 0.2) is 0 Å². The Hall–Kier alpha value is 0.160. The van der Waals surface area contributed by atoms with Gasteiger partial charge in [-0.3, -0.25) is 4.79 Å². The molecule has 1 aliphatic heterocycles. The van der Waals surface area contributed by atoms with Gasteiger partial charge in [-0.15, -0.1) is 0 Å². The lowest BCUT2D eigenvalue weighted by Gasteiger charge is -1.92. The van der Waals surface area contributed by atoms with E-state index in [1.807, 2.05) is 0 Å². The van der Waals surface area contributed by atoms with Crippen molar-refractivity contribution in [3.05, 3.63) is 0 Å². The van der Waals surface area contributed by atoms with Crippen LogP contribution >= 0.6 is 0 Å². The maximum absolute atomic E-state index is 10.2. The van der Waals surface area contributed by atoms with Crippen LogP contribution < -0.4 is 29.7 Å². The molecule has 0 aromatic rings. The van der Waals surface area contributed by atoms with Crippen molar-refractivity contribution in [1.29, 1.82) is 0 Å². The van der Waals surface area contributed by atoms with Crippen molar-refractivity contribution in [3.63, 3.8) is 0 Å². The summed E-state index contributed by atoms with van der Waals surface area (Å²) in [6, 6.07) is 0. The minimum absolute atomic E-state index is 0. The molecule has 4 heteroatoms. The number of carbonyl (C=O) groups excluding carboxylic acids is 1. The topological polar surface area (TPSA) is 53.9 Å². The number of carbonyl (C=O) groups is 1. The van der Waals surface area contributed by atoms with Crippen molar-refractivity contribution in [2.75, 3.05) is 0 Å². The number of ether oxygens (including phenoxy) is 1. The zero-order valence-corrected chi connectivity index (χ0v) is 6.55. The molecule has 1 heterocycles. The molecule has 1 saturated heterocycles. The van der Waals surface area contributed by atoms with E-state index in [-0.39, 0.29) is 36.2 Å². The average Bonchev–Trinajstić information content (AvgIpc) is 1.87. The highest BCUT2D eigenvalue weighted by molar-refractivity contribution is 5.71. The van der Waals surface area contributed by atoms with E-state index in [4.69, 9.17) is 0 Å². The number of hydrogen-bond donors (Lipinski definition) is 1. The predicted octanol–water partition coefficient (Wildman–Crippen LogP) is -4.10. The monoisotopic (exact) mass is 229 g/mol. The zero-order valence-electron chi connectivity index (χ0n) is 4.39. The lowest BCUT2D eigenvalue weighted by Crippen LogP contribution is -3.00. The molecule has 0 radical (unpaired) electrons. The third kappa shape index (κ3) is 1.95. The number of rotatable bonds is 0. The van der Waals surface area contributed by atoms with E-state index in [2.05, 4.69) is 10.5 Å². The Bertz CT molecular complexity index is 96.0. The van der Waals surface area contributed by atoms with Crippen LogP contribution in [-0.4, -0.2) is 12.2 Å². The van der Waals surface area contributed by atoms with E-state index >= 15 is 0 Å². The van der Waals surface area contributed by atoms with E-state index in [1.165, 1.54) is 0 Å². The summed E-state index contributed by atoms with van der Waals surface area (Å²) < 4.78 is 4.61. The molecule has 0 saturated carbocycles. The fourth-order valence-electron chi connectivity index (χ4n) is 0.583. The summed E-state index contributed by atoms with van der Waals surface area (Å²) in [7, 11) is 0. The summed E-state index contributed by atoms with van der Waals surface area (Å²) in [6.07, 6.45) is 1.26. The van der Waals surface area contributed by atoms with Gasteiger partial charge >= 0.3 is 5.97 Å². The second-order valence-electron chi connectivity index (χ2n) is 1.65. The van der Waals surface area contributed by atoms with Gasteiger partial charge in [-0.2, -0.15) is 0 Å². The van der Waals surface area contributed by atoms with Crippen molar-refractivity contribution in [3.8, 4) is 0 Å². The second kappa shape index (κ2) is 3.24. The van der Waals surface area contributed by atoms with Crippen molar-refractivity contribution in [2.24, 2.45) is 0 Å². The molecule has 0 aromatic heterocycles. The van der Waals surface area contributed by atoms with Crippen LogP contribution in [0.15, 0.2) is 0 Å².